The van der Waals surface area contributed by atoms with Gasteiger partial charge in [-0.15, -0.1) is 0 Å². The molecule has 0 amide bonds. The molecule has 0 radical (unpaired) electrons. The van der Waals surface area contributed by atoms with Gasteiger partial charge in [-0.2, -0.15) is 0 Å². The maximum Gasteiger partial charge on any atom is 0.327 e. The average molecular weight is 265 g/mol. The molecule has 1 unspecified atom stereocenters. The maximum absolute atomic E-state index is 11.9. The van der Waals surface area contributed by atoms with Crippen LogP contribution in [0.15, 0.2) is 18.2 Å². The molecule has 1 rings (SSSR count). The zero-order valence-corrected chi connectivity index (χ0v) is 12.6. The van der Waals surface area contributed by atoms with E-state index in [1.807, 2.05) is 37.2 Å². The molecule has 0 aliphatic heterocycles. The summed E-state index contributed by atoms with van der Waals surface area (Å²) in [5.41, 5.74) is 2.01. The minimum Gasteiger partial charge on any atom is -0.496 e. The molecule has 106 valence electrons. The largest absolute Gasteiger partial charge is 0.496 e. The molecule has 1 atom stereocenters. The van der Waals surface area contributed by atoms with Crippen molar-refractivity contribution in [2.45, 2.75) is 25.8 Å². The van der Waals surface area contributed by atoms with Gasteiger partial charge in [0.25, 0.3) is 0 Å². The number of carbonyl (C=O) groups is 1. The van der Waals surface area contributed by atoms with Gasteiger partial charge in [-0.3, -0.25) is 4.90 Å². The standard InChI is InChI=1S/C15H23NO3/c1-10(2)12-9-11(7-8-13(12)18-5)14(16(3)4)15(17)19-6/h7-10,14H,1-6H3. The molecular formula is C15H23NO3. The van der Waals surface area contributed by atoms with E-state index in [0.717, 1.165) is 16.9 Å². The van der Waals surface area contributed by atoms with Gasteiger partial charge in [-0.05, 0) is 43.3 Å². The van der Waals surface area contributed by atoms with Crippen molar-refractivity contribution in [1.29, 1.82) is 0 Å². The quantitative estimate of drug-likeness (QED) is 0.767. The Balaban J connectivity index is 3.25. The molecular weight excluding hydrogens is 242 g/mol. The van der Waals surface area contributed by atoms with Crippen molar-refractivity contribution in [3.63, 3.8) is 0 Å². The number of esters is 1. The lowest BCUT2D eigenvalue weighted by Crippen LogP contribution is -2.28. The summed E-state index contributed by atoms with van der Waals surface area (Å²) in [5.74, 6) is 0.918. The molecule has 0 heterocycles. The Morgan fingerprint density at radius 2 is 1.84 bits per heavy atom. The summed E-state index contributed by atoms with van der Waals surface area (Å²) >= 11 is 0. The van der Waals surface area contributed by atoms with Gasteiger partial charge in [0.1, 0.15) is 11.8 Å². The third-order valence-electron chi connectivity index (χ3n) is 3.13. The van der Waals surface area contributed by atoms with Crippen LogP contribution in [-0.2, 0) is 9.53 Å². The van der Waals surface area contributed by atoms with Crippen molar-refractivity contribution in [3.8, 4) is 5.75 Å². The smallest absolute Gasteiger partial charge is 0.327 e. The van der Waals surface area contributed by atoms with E-state index < -0.39 is 6.04 Å². The Bertz CT molecular complexity index is 441. The number of likely N-dealkylation sites (N-methyl/N-ethyl adjacent to an activating group) is 1. The van der Waals surface area contributed by atoms with Crippen LogP contribution in [0.4, 0.5) is 0 Å². The topological polar surface area (TPSA) is 38.8 Å². The Labute approximate surface area is 115 Å². The molecule has 0 spiro atoms. The SMILES string of the molecule is COC(=O)C(c1ccc(OC)c(C(C)C)c1)N(C)C. The van der Waals surface area contributed by atoms with Crippen molar-refractivity contribution in [2.24, 2.45) is 0 Å². The molecule has 0 aromatic heterocycles. The molecule has 0 saturated heterocycles. The molecule has 0 aliphatic rings. The number of methoxy groups -OCH3 is 2. The van der Waals surface area contributed by atoms with Crippen molar-refractivity contribution in [3.05, 3.63) is 29.3 Å². The van der Waals surface area contributed by atoms with Gasteiger partial charge in [0, 0.05) is 0 Å². The van der Waals surface area contributed by atoms with E-state index in [1.165, 1.54) is 7.11 Å². The summed E-state index contributed by atoms with van der Waals surface area (Å²) in [6.07, 6.45) is 0. The predicted molar refractivity (Wildman–Crippen MR) is 75.5 cm³/mol. The number of benzene rings is 1. The summed E-state index contributed by atoms with van der Waals surface area (Å²) < 4.78 is 10.2. The van der Waals surface area contributed by atoms with E-state index in [1.54, 1.807) is 7.11 Å². The lowest BCUT2D eigenvalue weighted by atomic mass is 9.96. The molecule has 0 aliphatic carbocycles. The fraction of sp³-hybridized carbons (Fsp3) is 0.533. The molecule has 4 heteroatoms. The number of hydrogen-bond acceptors (Lipinski definition) is 4. The summed E-state index contributed by atoms with van der Waals surface area (Å²) in [6.45, 7) is 4.20. The third-order valence-corrected chi connectivity index (χ3v) is 3.13. The molecule has 0 N–H and O–H groups in total. The van der Waals surface area contributed by atoms with Crippen LogP contribution in [0.3, 0.4) is 0 Å². The highest BCUT2D eigenvalue weighted by atomic mass is 16.5. The second-order valence-corrected chi connectivity index (χ2v) is 5.05. The van der Waals surface area contributed by atoms with Crippen LogP contribution in [-0.4, -0.2) is 39.2 Å². The van der Waals surface area contributed by atoms with Gasteiger partial charge in [-0.1, -0.05) is 19.9 Å². The Morgan fingerprint density at radius 1 is 1.21 bits per heavy atom. The van der Waals surface area contributed by atoms with E-state index in [-0.39, 0.29) is 5.97 Å². The molecule has 0 bridgehead atoms. The van der Waals surface area contributed by atoms with Gasteiger partial charge < -0.3 is 9.47 Å². The number of nitrogens with zero attached hydrogens (tertiary/aromatic N) is 1. The first-order valence-electron chi connectivity index (χ1n) is 6.34. The van der Waals surface area contributed by atoms with Gasteiger partial charge in [0.15, 0.2) is 0 Å². The van der Waals surface area contributed by atoms with Crippen molar-refractivity contribution in [1.82, 2.24) is 4.90 Å². The summed E-state index contributed by atoms with van der Waals surface area (Å²) in [7, 11) is 6.79. The minimum absolute atomic E-state index is 0.259. The van der Waals surface area contributed by atoms with E-state index in [2.05, 4.69) is 13.8 Å². The zero-order chi connectivity index (χ0) is 14.6. The van der Waals surface area contributed by atoms with E-state index in [4.69, 9.17) is 9.47 Å². The van der Waals surface area contributed by atoms with E-state index >= 15 is 0 Å². The van der Waals surface area contributed by atoms with Crippen LogP contribution in [0.25, 0.3) is 0 Å². The third kappa shape index (κ3) is 3.47. The first-order chi connectivity index (χ1) is 8.92. The number of hydrogen-bond donors (Lipinski definition) is 0. The molecule has 4 nitrogen and oxygen atoms in total. The van der Waals surface area contributed by atoms with Gasteiger partial charge in [0.2, 0.25) is 0 Å². The minimum atomic E-state index is -0.395. The van der Waals surface area contributed by atoms with Crippen LogP contribution in [0.1, 0.15) is 36.9 Å². The molecule has 1 aromatic carbocycles. The predicted octanol–water partition coefficient (Wildman–Crippen LogP) is 2.59. The van der Waals surface area contributed by atoms with E-state index in [9.17, 15) is 4.79 Å². The molecule has 0 saturated carbocycles. The summed E-state index contributed by atoms with van der Waals surface area (Å²) in [6, 6.07) is 5.44. The van der Waals surface area contributed by atoms with Crippen molar-refractivity contribution in [2.75, 3.05) is 28.3 Å². The average Bonchev–Trinajstić information content (AvgIpc) is 2.38. The Morgan fingerprint density at radius 3 is 2.26 bits per heavy atom. The highest BCUT2D eigenvalue weighted by molar-refractivity contribution is 5.77. The Kier molecular flexibility index (Phi) is 5.36. The second-order valence-electron chi connectivity index (χ2n) is 5.05. The van der Waals surface area contributed by atoms with Gasteiger partial charge in [-0.25, -0.2) is 4.79 Å². The first kappa shape index (κ1) is 15.5. The normalized spacial score (nSPS) is 12.6. The van der Waals surface area contributed by atoms with Gasteiger partial charge in [0.05, 0.1) is 14.2 Å². The van der Waals surface area contributed by atoms with Crippen molar-refractivity contribution >= 4 is 5.97 Å². The number of rotatable bonds is 5. The fourth-order valence-corrected chi connectivity index (χ4v) is 2.13. The maximum atomic E-state index is 11.9. The van der Waals surface area contributed by atoms with Crippen molar-refractivity contribution < 1.29 is 14.3 Å². The van der Waals surface area contributed by atoms with Crippen LogP contribution in [0, 0.1) is 0 Å². The van der Waals surface area contributed by atoms with Gasteiger partial charge >= 0.3 is 5.97 Å². The number of ether oxygens (including phenoxy) is 2. The zero-order valence-electron chi connectivity index (χ0n) is 12.6. The highest BCUT2D eigenvalue weighted by Gasteiger charge is 2.24. The molecule has 19 heavy (non-hydrogen) atoms. The van der Waals surface area contributed by atoms with Crippen LogP contribution >= 0.6 is 0 Å². The lowest BCUT2D eigenvalue weighted by molar-refractivity contribution is -0.146. The monoisotopic (exact) mass is 265 g/mol. The molecule has 1 aromatic rings. The summed E-state index contributed by atoms with van der Waals surface area (Å²) in [4.78, 5) is 13.7. The fourth-order valence-electron chi connectivity index (χ4n) is 2.13. The highest BCUT2D eigenvalue weighted by Crippen LogP contribution is 2.31. The molecule has 0 fully saturated rings. The summed E-state index contributed by atoms with van der Waals surface area (Å²) in [5, 5.41) is 0. The second kappa shape index (κ2) is 6.57. The number of carbonyl (C=O) groups excluding carboxylic acids is 1. The first-order valence-corrected chi connectivity index (χ1v) is 6.34. The van der Waals surface area contributed by atoms with Crippen LogP contribution < -0.4 is 4.74 Å². The lowest BCUT2D eigenvalue weighted by Gasteiger charge is -2.23. The van der Waals surface area contributed by atoms with Crippen LogP contribution in [0.5, 0.6) is 5.75 Å². The van der Waals surface area contributed by atoms with E-state index in [0.29, 0.717) is 5.92 Å². The van der Waals surface area contributed by atoms with Crippen LogP contribution in [0.2, 0.25) is 0 Å². The Hall–Kier alpha value is -1.55.